The van der Waals surface area contributed by atoms with Crippen LogP contribution in [0.25, 0.3) is 17.2 Å². The highest BCUT2D eigenvalue weighted by Crippen LogP contribution is 2.38. The number of hydrogen-bond acceptors (Lipinski definition) is 1. The van der Waals surface area contributed by atoms with Gasteiger partial charge < -0.3 is 0 Å². The van der Waals surface area contributed by atoms with E-state index in [1.165, 1.54) is 39.0 Å². The van der Waals surface area contributed by atoms with Crippen molar-refractivity contribution in [1.29, 1.82) is 0 Å². The van der Waals surface area contributed by atoms with Gasteiger partial charge in [-0.15, -0.1) is 0 Å². The van der Waals surface area contributed by atoms with Crippen molar-refractivity contribution >= 4 is 17.2 Å². The van der Waals surface area contributed by atoms with Gasteiger partial charge in [-0.25, -0.2) is 0 Å². The second-order valence-electron chi connectivity index (χ2n) is 7.26. The Morgan fingerprint density at radius 2 is 1.96 bits per heavy atom. The fraction of sp³-hybridized carbons (Fsp3) is 0.261. The van der Waals surface area contributed by atoms with Crippen molar-refractivity contribution in [3.8, 4) is 0 Å². The van der Waals surface area contributed by atoms with Crippen molar-refractivity contribution in [1.82, 2.24) is 4.98 Å². The maximum absolute atomic E-state index is 4.33. The van der Waals surface area contributed by atoms with Gasteiger partial charge in [0.15, 0.2) is 0 Å². The van der Waals surface area contributed by atoms with Gasteiger partial charge in [0.25, 0.3) is 0 Å². The summed E-state index contributed by atoms with van der Waals surface area (Å²) in [7, 11) is 0. The minimum Gasteiger partial charge on any atom is -0.264 e. The van der Waals surface area contributed by atoms with E-state index in [0.717, 1.165) is 6.42 Å². The first kappa shape index (κ1) is 15.1. The Morgan fingerprint density at radius 3 is 2.75 bits per heavy atom. The molecule has 0 saturated carbocycles. The average Bonchev–Trinajstić information content (AvgIpc) is 3.21. The van der Waals surface area contributed by atoms with E-state index in [1.54, 1.807) is 0 Å². The first-order valence-electron chi connectivity index (χ1n) is 8.77. The SMILES string of the molecule is Cc1cncc(C2=CC(c3ccc4c(c3)C=CC4C(C)C)=CC2)c1. The molecular formula is C23H23N. The van der Waals surface area contributed by atoms with Crippen LogP contribution in [0.5, 0.6) is 0 Å². The van der Waals surface area contributed by atoms with Crippen LogP contribution in [0.3, 0.4) is 0 Å². The molecular weight excluding hydrogens is 290 g/mol. The fourth-order valence-corrected chi connectivity index (χ4v) is 3.75. The minimum atomic E-state index is 0.566. The first-order chi connectivity index (χ1) is 11.6. The van der Waals surface area contributed by atoms with Gasteiger partial charge in [-0.2, -0.15) is 0 Å². The summed E-state index contributed by atoms with van der Waals surface area (Å²) in [5.41, 5.74) is 9.31. The Bertz CT molecular complexity index is 881. The van der Waals surface area contributed by atoms with Crippen molar-refractivity contribution < 1.29 is 0 Å². The Balaban J connectivity index is 1.63. The van der Waals surface area contributed by atoms with Gasteiger partial charge in [0, 0.05) is 18.3 Å². The number of aryl methyl sites for hydroxylation is 1. The molecule has 1 atom stereocenters. The molecule has 24 heavy (non-hydrogen) atoms. The van der Waals surface area contributed by atoms with Crippen molar-refractivity contribution in [3.05, 3.63) is 82.7 Å². The Morgan fingerprint density at radius 1 is 1.08 bits per heavy atom. The molecule has 1 aromatic carbocycles. The number of pyridine rings is 1. The molecule has 2 aliphatic carbocycles. The summed E-state index contributed by atoms with van der Waals surface area (Å²) >= 11 is 0. The van der Waals surface area contributed by atoms with Crippen molar-refractivity contribution in [3.63, 3.8) is 0 Å². The molecule has 1 heterocycles. The molecule has 2 aliphatic rings. The zero-order valence-corrected chi connectivity index (χ0v) is 14.6. The number of aromatic nitrogens is 1. The van der Waals surface area contributed by atoms with Crippen LogP contribution in [0.4, 0.5) is 0 Å². The highest BCUT2D eigenvalue weighted by molar-refractivity contribution is 5.90. The Labute approximate surface area is 144 Å². The molecule has 120 valence electrons. The highest BCUT2D eigenvalue weighted by Gasteiger charge is 2.21. The van der Waals surface area contributed by atoms with Gasteiger partial charge >= 0.3 is 0 Å². The zero-order chi connectivity index (χ0) is 16.7. The second-order valence-corrected chi connectivity index (χ2v) is 7.26. The molecule has 0 bridgehead atoms. The number of rotatable bonds is 3. The third-order valence-corrected chi connectivity index (χ3v) is 5.10. The van der Waals surface area contributed by atoms with Crippen LogP contribution in [0, 0.1) is 12.8 Å². The van der Waals surface area contributed by atoms with E-state index in [2.05, 4.69) is 74.3 Å². The maximum Gasteiger partial charge on any atom is 0.0343 e. The summed E-state index contributed by atoms with van der Waals surface area (Å²) in [6.45, 7) is 6.68. The van der Waals surface area contributed by atoms with E-state index in [4.69, 9.17) is 0 Å². The summed E-state index contributed by atoms with van der Waals surface area (Å²) in [5, 5.41) is 0. The number of hydrogen-bond donors (Lipinski definition) is 0. The van der Waals surface area contributed by atoms with E-state index in [1.807, 2.05) is 12.4 Å². The van der Waals surface area contributed by atoms with Gasteiger partial charge in [0.2, 0.25) is 0 Å². The summed E-state index contributed by atoms with van der Waals surface area (Å²) < 4.78 is 0. The summed E-state index contributed by atoms with van der Waals surface area (Å²) in [5.74, 6) is 1.22. The molecule has 1 aromatic heterocycles. The average molecular weight is 313 g/mol. The Kier molecular flexibility index (Phi) is 3.72. The molecule has 0 aliphatic heterocycles. The van der Waals surface area contributed by atoms with Crippen LogP contribution >= 0.6 is 0 Å². The molecule has 0 spiro atoms. The van der Waals surface area contributed by atoms with Crippen LogP contribution in [0.15, 0.2) is 54.9 Å². The molecule has 2 aromatic rings. The summed E-state index contributed by atoms with van der Waals surface area (Å²) in [6.07, 6.45) is 14.1. The smallest absolute Gasteiger partial charge is 0.0343 e. The molecule has 0 N–H and O–H groups in total. The molecule has 0 saturated heterocycles. The lowest BCUT2D eigenvalue weighted by molar-refractivity contribution is 0.584. The lowest BCUT2D eigenvalue weighted by Gasteiger charge is -2.15. The van der Waals surface area contributed by atoms with Crippen LogP contribution in [0.2, 0.25) is 0 Å². The van der Waals surface area contributed by atoms with E-state index in [9.17, 15) is 0 Å². The monoisotopic (exact) mass is 313 g/mol. The maximum atomic E-state index is 4.33. The topological polar surface area (TPSA) is 12.9 Å². The van der Waals surface area contributed by atoms with Gasteiger partial charge in [-0.05, 0) is 70.4 Å². The van der Waals surface area contributed by atoms with Crippen LogP contribution in [0.1, 0.15) is 54.0 Å². The number of nitrogens with zero attached hydrogens (tertiary/aromatic N) is 1. The van der Waals surface area contributed by atoms with Gasteiger partial charge in [0.1, 0.15) is 0 Å². The van der Waals surface area contributed by atoms with E-state index >= 15 is 0 Å². The third kappa shape index (κ3) is 2.65. The normalized spacial score (nSPS) is 18.8. The summed E-state index contributed by atoms with van der Waals surface area (Å²) in [4.78, 5) is 4.33. The molecule has 1 heteroatoms. The van der Waals surface area contributed by atoms with Gasteiger partial charge in [0.05, 0.1) is 0 Å². The van der Waals surface area contributed by atoms with Crippen molar-refractivity contribution in [2.75, 3.05) is 0 Å². The van der Waals surface area contributed by atoms with E-state index in [-0.39, 0.29) is 0 Å². The van der Waals surface area contributed by atoms with Crippen LogP contribution in [-0.4, -0.2) is 4.98 Å². The molecule has 0 radical (unpaired) electrons. The van der Waals surface area contributed by atoms with Crippen molar-refractivity contribution in [2.24, 2.45) is 5.92 Å². The predicted molar refractivity (Wildman–Crippen MR) is 103 cm³/mol. The highest BCUT2D eigenvalue weighted by atomic mass is 14.6. The fourth-order valence-electron chi connectivity index (χ4n) is 3.75. The molecule has 0 fully saturated rings. The van der Waals surface area contributed by atoms with E-state index < -0.39 is 0 Å². The van der Waals surface area contributed by atoms with Gasteiger partial charge in [-0.3, -0.25) is 4.98 Å². The lowest BCUT2D eigenvalue weighted by Crippen LogP contribution is -2.01. The third-order valence-electron chi connectivity index (χ3n) is 5.10. The Hall–Kier alpha value is -2.41. The van der Waals surface area contributed by atoms with E-state index in [0.29, 0.717) is 11.8 Å². The molecule has 1 nitrogen and oxygen atoms in total. The quantitative estimate of drug-likeness (QED) is 0.674. The lowest BCUT2D eigenvalue weighted by atomic mass is 9.89. The van der Waals surface area contributed by atoms with Crippen LogP contribution in [-0.2, 0) is 0 Å². The largest absolute Gasteiger partial charge is 0.264 e. The van der Waals surface area contributed by atoms with Crippen molar-refractivity contribution in [2.45, 2.75) is 33.1 Å². The number of benzene rings is 1. The minimum absolute atomic E-state index is 0.566. The second kappa shape index (κ2) is 5.90. The van der Waals surface area contributed by atoms with Crippen LogP contribution < -0.4 is 0 Å². The standard InChI is InChI=1S/C23H23N/c1-15(2)22-8-7-20-12-18(6-9-23(20)22)17-4-5-19(11-17)21-10-16(3)13-24-14-21/h4,6-15,22H,5H2,1-3H3. The number of fused-ring (bicyclic) bond motifs is 1. The zero-order valence-electron chi connectivity index (χ0n) is 14.6. The molecule has 1 unspecified atom stereocenters. The van der Waals surface area contributed by atoms with Gasteiger partial charge in [-0.1, -0.05) is 50.3 Å². The summed E-state index contributed by atoms with van der Waals surface area (Å²) in [6, 6.07) is 9.15. The number of allylic oxidation sites excluding steroid dienone is 5. The molecule has 4 rings (SSSR count). The first-order valence-corrected chi connectivity index (χ1v) is 8.77. The predicted octanol–water partition coefficient (Wildman–Crippen LogP) is 6.03. The molecule has 0 amide bonds.